The van der Waals surface area contributed by atoms with E-state index in [1.807, 2.05) is 30.3 Å². The van der Waals surface area contributed by atoms with E-state index in [0.717, 1.165) is 34.6 Å². The first-order chi connectivity index (χ1) is 11.2. The number of likely N-dealkylation sites (tertiary alicyclic amines) is 1. The van der Waals surface area contributed by atoms with Crippen LogP contribution in [-0.2, 0) is 4.79 Å². The zero-order valence-electron chi connectivity index (χ0n) is 13.1. The Kier molecular flexibility index (Phi) is 5.57. The third-order valence-electron chi connectivity index (χ3n) is 4.25. The molecule has 0 N–H and O–H groups in total. The molecule has 0 radical (unpaired) electrons. The summed E-state index contributed by atoms with van der Waals surface area (Å²) in [6.07, 6.45) is 0. The van der Waals surface area contributed by atoms with Gasteiger partial charge in [0, 0.05) is 22.5 Å². The molecule has 0 aromatic heterocycles. The molecule has 0 saturated carbocycles. The molecule has 0 bridgehead atoms. The van der Waals surface area contributed by atoms with Crippen LogP contribution in [0, 0.1) is 0 Å². The number of halogens is 1. The summed E-state index contributed by atoms with van der Waals surface area (Å²) in [6, 6.07) is 18.4. The predicted molar refractivity (Wildman–Crippen MR) is 100 cm³/mol. The predicted octanol–water partition coefficient (Wildman–Crippen LogP) is 4.60. The number of carbonyl (C=O) groups is 1. The molecule has 120 valence electrons. The monoisotopic (exact) mass is 389 g/mol. The van der Waals surface area contributed by atoms with Gasteiger partial charge >= 0.3 is 0 Å². The molecule has 2 nitrogen and oxygen atoms in total. The first-order valence-corrected chi connectivity index (χ1v) is 9.58. The highest BCUT2D eigenvalue weighted by Gasteiger charge is 2.36. The number of rotatable bonds is 4. The zero-order valence-corrected chi connectivity index (χ0v) is 15.5. The lowest BCUT2D eigenvalue weighted by atomic mass is 9.89. The second-order valence-corrected chi connectivity index (χ2v) is 7.97. The van der Waals surface area contributed by atoms with Crippen molar-refractivity contribution < 1.29 is 4.79 Å². The van der Waals surface area contributed by atoms with E-state index < -0.39 is 0 Å². The number of hydrogen-bond acceptors (Lipinski definition) is 3. The van der Waals surface area contributed by atoms with Gasteiger partial charge in [-0.25, -0.2) is 0 Å². The van der Waals surface area contributed by atoms with E-state index >= 15 is 0 Å². The number of piperidine rings is 1. The summed E-state index contributed by atoms with van der Waals surface area (Å²) in [4.78, 5) is 16.6. The maximum absolute atomic E-state index is 13.0. The fourth-order valence-corrected chi connectivity index (χ4v) is 4.61. The summed E-state index contributed by atoms with van der Waals surface area (Å²) in [5.41, 5.74) is 1.11. The normalized spacial score (nSPS) is 22.3. The van der Waals surface area contributed by atoms with Gasteiger partial charge in [-0.05, 0) is 36.4 Å². The van der Waals surface area contributed by atoms with Crippen molar-refractivity contribution >= 4 is 33.5 Å². The van der Waals surface area contributed by atoms with Crippen LogP contribution in [-0.4, -0.2) is 35.6 Å². The Bertz CT molecular complexity index is 676. The molecule has 2 aromatic rings. The van der Waals surface area contributed by atoms with Gasteiger partial charge < -0.3 is 4.90 Å². The van der Waals surface area contributed by atoms with Crippen LogP contribution in [0.1, 0.15) is 18.4 Å². The largest absolute Gasteiger partial charge is 0.301 e. The third-order valence-corrected chi connectivity index (χ3v) is 5.95. The summed E-state index contributed by atoms with van der Waals surface area (Å²) < 4.78 is 1.03. The van der Waals surface area contributed by atoms with Gasteiger partial charge in [-0.2, -0.15) is 0 Å². The van der Waals surface area contributed by atoms with Gasteiger partial charge in [0.05, 0.1) is 11.2 Å². The number of thioether (sulfide) groups is 1. The molecule has 2 unspecified atom stereocenters. The number of likely N-dealkylation sites (N-methyl/N-ethyl adjacent to an activating group) is 1. The SMILES string of the molecule is CCN1CC(Sc2ccccc2)C(=O)C(c2cccc(Br)c2)C1. The molecule has 1 fully saturated rings. The van der Waals surface area contributed by atoms with Crippen LogP contribution < -0.4 is 0 Å². The Morgan fingerprint density at radius 1 is 1.13 bits per heavy atom. The first-order valence-electron chi connectivity index (χ1n) is 7.90. The molecule has 4 heteroatoms. The highest BCUT2D eigenvalue weighted by Crippen LogP contribution is 2.34. The van der Waals surface area contributed by atoms with E-state index in [9.17, 15) is 4.79 Å². The molecule has 1 aliphatic heterocycles. The highest BCUT2D eigenvalue weighted by atomic mass is 79.9. The Labute approximate surface area is 150 Å². The topological polar surface area (TPSA) is 20.3 Å². The van der Waals surface area contributed by atoms with Crippen molar-refractivity contribution in [2.24, 2.45) is 0 Å². The Hall–Kier alpha value is -1.10. The van der Waals surface area contributed by atoms with Gasteiger partial charge in [0.15, 0.2) is 5.78 Å². The fourth-order valence-electron chi connectivity index (χ4n) is 2.98. The summed E-state index contributed by atoms with van der Waals surface area (Å²) >= 11 is 5.21. The first kappa shape index (κ1) is 16.7. The second-order valence-electron chi connectivity index (χ2n) is 5.78. The molecule has 0 amide bonds. The Morgan fingerprint density at radius 2 is 1.91 bits per heavy atom. The van der Waals surface area contributed by atoms with Crippen LogP contribution in [0.2, 0.25) is 0 Å². The standard InChI is InChI=1S/C19H20BrNOS/c1-2-21-12-17(14-7-6-8-15(20)11-14)19(22)18(13-21)23-16-9-4-3-5-10-16/h3-11,17-18H,2,12-13H2,1H3. The molecule has 0 spiro atoms. The number of hydrogen-bond donors (Lipinski definition) is 0. The molecule has 1 saturated heterocycles. The Balaban J connectivity index is 1.84. The summed E-state index contributed by atoms with van der Waals surface area (Å²) in [5.74, 6) is 0.309. The Morgan fingerprint density at radius 3 is 2.61 bits per heavy atom. The van der Waals surface area contributed by atoms with Crippen molar-refractivity contribution in [1.29, 1.82) is 0 Å². The number of carbonyl (C=O) groups excluding carboxylic acids is 1. The summed E-state index contributed by atoms with van der Waals surface area (Å²) in [5, 5.41) is -0.00455. The minimum absolute atomic E-state index is 0.00455. The molecule has 1 heterocycles. The lowest BCUT2D eigenvalue weighted by molar-refractivity contribution is -0.122. The van der Waals surface area contributed by atoms with Gasteiger partial charge in [0.25, 0.3) is 0 Å². The lowest BCUT2D eigenvalue weighted by Gasteiger charge is -2.36. The van der Waals surface area contributed by atoms with Crippen LogP contribution >= 0.6 is 27.7 Å². The van der Waals surface area contributed by atoms with Crippen molar-refractivity contribution in [3.05, 3.63) is 64.6 Å². The molecule has 2 atom stereocenters. The van der Waals surface area contributed by atoms with Crippen molar-refractivity contribution in [2.75, 3.05) is 19.6 Å². The van der Waals surface area contributed by atoms with E-state index in [-0.39, 0.29) is 11.2 Å². The molecule has 3 rings (SSSR count). The maximum Gasteiger partial charge on any atom is 0.156 e. The van der Waals surface area contributed by atoms with Crippen LogP contribution in [0.25, 0.3) is 0 Å². The molecular formula is C19H20BrNOS. The molecule has 23 heavy (non-hydrogen) atoms. The average Bonchev–Trinajstić information content (AvgIpc) is 2.57. The average molecular weight is 390 g/mol. The molecule has 0 aliphatic carbocycles. The van der Waals surface area contributed by atoms with Crippen LogP contribution in [0.3, 0.4) is 0 Å². The smallest absolute Gasteiger partial charge is 0.156 e. The van der Waals surface area contributed by atoms with Gasteiger partial charge in [-0.3, -0.25) is 4.79 Å². The van der Waals surface area contributed by atoms with E-state index in [1.165, 1.54) is 0 Å². The molecule has 2 aromatic carbocycles. The van der Waals surface area contributed by atoms with Gasteiger partial charge in [0.1, 0.15) is 0 Å². The number of benzene rings is 2. The minimum Gasteiger partial charge on any atom is -0.301 e. The van der Waals surface area contributed by atoms with Crippen molar-refractivity contribution in [1.82, 2.24) is 4.90 Å². The maximum atomic E-state index is 13.0. The van der Waals surface area contributed by atoms with E-state index in [1.54, 1.807) is 11.8 Å². The van der Waals surface area contributed by atoms with Gasteiger partial charge in [0.2, 0.25) is 0 Å². The van der Waals surface area contributed by atoms with Crippen molar-refractivity contribution in [2.45, 2.75) is 23.0 Å². The molecule has 1 aliphatic rings. The number of ketones is 1. The quantitative estimate of drug-likeness (QED) is 0.761. The minimum atomic E-state index is -0.0394. The second kappa shape index (κ2) is 7.65. The zero-order chi connectivity index (χ0) is 16.2. The van der Waals surface area contributed by atoms with Crippen molar-refractivity contribution in [3.63, 3.8) is 0 Å². The van der Waals surface area contributed by atoms with Crippen molar-refractivity contribution in [3.8, 4) is 0 Å². The van der Waals surface area contributed by atoms with E-state index in [4.69, 9.17) is 0 Å². The van der Waals surface area contributed by atoms with Gasteiger partial charge in [-0.1, -0.05) is 53.2 Å². The van der Waals surface area contributed by atoms with Gasteiger partial charge in [-0.15, -0.1) is 11.8 Å². The number of Topliss-reactive ketones (excluding diaryl/α,β-unsaturated/α-hetero) is 1. The highest BCUT2D eigenvalue weighted by molar-refractivity contribution is 9.10. The summed E-state index contributed by atoms with van der Waals surface area (Å²) in [6.45, 7) is 4.79. The van der Waals surface area contributed by atoms with Crippen LogP contribution in [0.4, 0.5) is 0 Å². The molecular weight excluding hydrogens is 370 g/mol. The fraction of sp³-hybridized carbons (Fsp3) is 0.316. The van der Waals surface area contributed by atoms with Crippen LogP contribution in [0.5, 0.6) is 0 Å². The van der Waals surface area contributed by atoms with E-state index in [0.29, 0.717) is 5.78 Å². The van der Waals surface area contributed by atoms with E-state index in [2.05, 4.69) is 52.0 Å². The summed E-state index contributed by atoms with van der Waals surface area (Å²) in [7, 11) is 0. The van der Waals surface area contributed by atoms with Crippen LogP contribution in [0.15, 0.2) is 64.0 Å². The number of nitrogens with zero attached hydrogens (tertiary/aromatic N) is 1. The third kappa shape index (κ3) is 4.06. The lowest BCUT2D eigenvalue weighted by Crippen LogP contribution is -2.47.